The number of hydrogen-bond acceptors (Lipinski definition) is 5. The lowest BCUT2D eigenvalue weighted by atomic mass is 9.99. The Morgan fingerprint density at radius 2 is 2.04 bits per heavy atom. The topological polar surface area (TPSA) is 62.3 Å². The quantitative estimate of drug-likeness (QED) is 0.803. The fourth-order valence-electron chi connectivity index (χ4n) is 2.59. The van der Waals surface area contributed by atoms with Gasteiger partial charge >= 0.3 is 0 Å². The number of benzene rings is 1. The number of aromatic nitrogens is 1. The number of rotatable bonds is 4. The summed E-state index contributed by atoms with van der Waals surface area (Å²) in [5.41, 5.74) is 0.342. The van der Waals surface area contributed by atoms with Crippen molar-refractivity contribution in [2.45, 2.75) is 26.4 Å². The van der Waals surface area contributed by atoms with Gasteiger partial charge in [0.25, 0.3) is 0 Å². The molecule has 120 valence electrons. The minimum Gasteiger partial charge on any atom is -0.484 e. The Bertz CT molecular complexity index is 698. The van der Waals surface area contributed by atoms with Gasteiger partial charge in [-0.2, -0.15) is 10.2 Å². The fourth-order valence-corrected chi connectivity index (χ4v) is 2.86. The van der Waals surface area contributed by atoms with E-state index in [0.29, 0.717) is 17.5 Å². The Kier molecular flexibility index (Phi) is 4.87. The molecule has 0 radical (unpaired) electrons. The Morgan fingerprint density at radius 1 is 1.35 bits per heavy atom. The standard InChI is InChI=1S/C17H18BrN3O2/c1-12-6-8-21(9-7-12)17-15(10-19)20-16(23-17)11-22-14-4-2-13(18)3-5-14/h2-5,12H,6-9,11H2,1H3. The molecule has 0 N–H and O–H groups in total. The van der Waals surface area contributed by atoms with Crippen LogP contribution in [0.25, 0.3) is 0 Å². The largest absolute Gasteiger partial charge is 0.484 e. The lowest BCUT2D eigenvalue weighted by Gasteiger charge is -2.29. The van der Waals surface area contributed by atoms with Gasteiger partial charge < -0.3 is 14.1 Å². The van der Waals surface area contributed by atoms with Gasteiger partial charge in [0.05, 0.1) is 0 Å². The van der Waals surface area contributed by atoms with Crippen molar-refractivity contribution in [2.75, 3.05) is 18.0 Å². The summed E-state index contributed by atoms with van der Waals surface area (Å²) in [6.45, 7) is 4.26. The van der Waals surface area contributed by atoms with Crippen molar-refractivity contribution in [3.63, 3.8) is 0 Å². The third-order valence-corrected chi connectivity index (χ3v) is 4.53. The first-order valence-corrected chi connectivity index (χ1v) is 8.48. The molecule has 1 aliphatic heterocycles. The Morgan fingerprint density at radius 3 is 2.70 bits per heavy atom. The van der Waals surface area contributed by atoms with E-state index in [-0.39, 0.29) is 6.61 Å². The molecule has 23 heavy (non-hydrogen) atoms. The first-order valence-electron chi connectivity index (χ1n) is 7.69. The van der Waals surface area contributed by atoms with E-state index in [9.17, 15) is 5.26 Å². The molecule has 0 unspecified atom stereocenters. The summed E-state index contributed by atoms with van der Waals surface area (Å²) in [4.78, 5) is 6.36. The predicted octanol–water partition coefficient (Wildman–Crippen LogP) is 4.12. The molecule has 0 spiro atoms. The maximum atomic E-state index is 9.28. The SMILES string of the molecule is CC1CCN(c2oc(COc3ccc(Br)cc3)nc2C#N)CC1. The minimum atomic E-state index is 0.209. The number of anilines is 1. The van der Waals surface area contributed by atoms with Gasteiger partial charge in [-0.1, -0.05) is 22.9 Å². The van der Waals surface area contributed by atoms with Crippen molar-refractivity contribution in [2.24, 2.45) is 5.92 Å². The monoisotopic (exact) mass is 375 g/mol. The molecular formula is C17H18BrN3O2. The van der Waals surface area contributed by atoms with Gasteiger partial charge in [0.1, 0.15) is 11.8 Å². The zero-order valence-corrected chi connectivity index (χ0v) is 14.5. The number of hydrogen-bond donors (Lipinski definition) is 0. The molecule has 5 nitrogen and oxygen atoms in total. The fraction of sp³-hybridized carbons (Fsp3) is 0.412. The van der Waals surface area contributed by atoms with Crippen LogP contribution in [0.2, 0.25) is 0 Å². The summed E-state index contributed by atoms with van der Waals surface area (Å²) in [5, 5.41) is 9.28. The molecule has 0 atom stereocenters. The molecule has 0 amide bonds. The summed E-state index contributed by atoms with van der Waals surface area (Å²) >= 11 is 3.38. The average Bonchev–Trinajstić information content (AvgIpc) is 2.98. The highest BCUT2D eigenvalue weighted by atomic mass is 79.9. The second-order valence-corrected chi connectivity index (χ2v) is 6.70. The second-order valence-electron chi connectivity index (χ2n) is 5.79. The number of nitrogens with zero attached hydrogens (tertiary/aromatic N) is 3. The van der Waals surface area contributed by atoms with Crippen LogP contribution >= 0.6 is 15.9 Å². The Hall–Kier alpha value is -2.00. The number of halogens is 1. The molecule has 1 aromatic carbocycles. The Labute approximate surface area is 144 Å². The van der Waals surface area contributed by atoms with Crippen LogP contribution in [0.1, 0.15) is 31.4 Å². The first-order chi connectivity index (χ1) is 11.2. The van der Waals surface area contributed by atoms with Crippen LogP contribution in [-0.4, -0.2) is 18.1 Å². The van der Waals surface area contributed by atoms with Gasteiger partial charge in [0, 0.05) is 17.6 Å². The molecule has 2 aromatic rings. The van der Waals surface area contributed by atoms with Crippen molar-refractivity contribution in [3.8, 4) is 11.8 Å². The molecule has 6 heteroatoms. The first kappa shape index (κ1) is 15.9. The van der Waals surface area contributed by atoms with Crippen molar-refractivity contribution in [3.05, 3.63) is 40.3 Å². The smallest absolute Gasteiger partial charge is 0.236 e. The normalized spacial score (nSPS) is 15.4. The van der Waals surface area contributed by atoms with E-state index in [4.69, 9.17) is 9.15 Å². The minimum absolute atomic E-state index is 0.209. The van der Waals surface area contributed by atoms with E-state index in [2.05, 4.69) is 38.8 Å². The summed E-state index contributed by atoms with van der Waals surface area (Å²) in [7, 11) is 0. The van der Waals surface area contributed by atoms with Crippen LogP contribution in [0.5, 0.6) is 5.75 Å². The van der Waals surface area contributed by atoms with Gasteiger partial charge in [-0.15, -0.1) is 0 Å². The molecule has 1 fully saturated rings. The van der Waals surface area contributed by atoms with Crippen molar-refractivity contribution < 1.29 is 9.15 Å². The predicted molar refractivity (Wildman–Crippen MR) is 90.3 cm³/mol. The van der Waals surface area contributed by atoms with E-state index < -0.39 is 0 Å². The van der Waals surface area contributed by atoms with E-state index in [1.54, 1.807) is 0 Å². The van der Waals surface area contributed by atoms with E-state index >= 15 is 0 Å². The highest BCUT2D eigenvalue weighted by molar-refractivity contribution is 9.10. The van der Waals surface area contributed by atoms with E-state index in [1.165, 1.54) is 0 Å². The summed E-state index contributed by atoms with van der Waals surface area (Å²) in [6.07, 6.45) is 2.21. The van der Waals surface area contributed by atoms with Gasteiger partial charge in [0.2, 0.25) is 17.5 Å². The number of oxazole rings is 1. The molecule has 2 heterocycles. The number of ether oxygens (including phenoxy) is 1. The Balaban J connectivity index is 1.69. The molecule has 0 saturated carbocycles. The maximum Gasteiger partial charge on any atom is 0.236 e. The average molecular weight is 376 g/mol. The highest BCUT2D eigenvalue weighted by Gasteiger charge is 2.23. The molecular weight excluding hydrogens is 358 g/mol. The summed E-state index contributed by atoms with van der Waals surface area (Å²) in [6, 6.07) is 9.67. The van der Waals surface area contributed by atoms with E-state index in [0.717, 1.165) is 42.1 Å². The lowest BCUT2D eigenvalue weighted by Crippen LogP contribution is -2.32. The second kappa shape index (κ2) is 7.05. The molecule has 0 bridgehead atoms. The molecule has 1 saturated heterocycles. The van der Waals surface area contributed by atoms with Crippen LogP contribution in [-0.2, 0) is 6.61 Å². The third-order valence-electron chi connectivity index (χ3n) is 4.01. The van der Waals surface area contributed by atoms with Crippen LogP contribution in [0.15, 0.2) is 33.2 Å². The third kappa shape index (κ3) is 3.85. The van der Waals surface area contributed by atoms with Crippen molar-refractivity contribution in [1.29, 1.82) is 5.26 Å². The van der Waals surface area contributed by atoms with Crippen LogP contribution < -0.4 is 9.64 Å². The van der Waals surface area contributed by atoms with Gasteiger partial charge in [-0.05, 0) is 43.0 Å². The van der Waals surface area contributed by atoms with Crippen LogP contribution in [0.4, 0.5) is 5.88 Å². The van der Waals surface area contributed by atoms with E-state index in [1.807, 2.05) is 24.3 Å². The zero-order valence-electron chi connectivity index (χ0n) is 13.0. The van der Waals surface area contributed by atoms with Gasteiger partial charge in [-0.25, -0.2) is 0 Å². The summed E-state index contributed by atoms with van der Waals surface area (Å²) in [5.74, 6) is 2.46. The number of nitriles is 1. The van der Waals surface area contributed by atoms with Gasteiger partial charge in [-0.3, -0.25) is 0 Å². The summed E-state index contributed by atoms with van der Waals surface area (Å²) < 4.78 is 12.4. The lowest BCUT2D eigenvalue weighted by molar-refractivity contribution is 0.262. The number of piperidine rings is 1. The molecule has 1 aromatic heterocycles. The maximum absolute atomic E-state index is 9.28. The molecule has 3 rings (SSSR count). The molecule has 1 aliphatic rings. The van der Waals surface area contributed by atoms with Crippen LogP contribution in [0.3, 0.4) is 0 Å². The van der Waals surface area contributed by atoms with Crippen LogP contribution in [0, 0.1) is 17.2 Å². The van der Waals surface area contributed by atoms with Gasteiger partial charge in [0.15, 0.2) is 6.61 Å². The highest BCUT2D eigenvalue weighted by Crippen LogP contribution is 2.27. The van der Waals surface area contributed by atoms with Crippen molar-refractivity contribution in [1.82, 2.24) is 4.98 Å². The van der Waals surface area contributed by atoms with Crippen molar-refractivity contribution >= 4 is 21.8 Å². The molecule has 0 aliphatic carbocycles. The zero-order chi connectivity index (χ0) is 16.2.